The van der Waals surface area contributed by atoms with Gasteiger partial charge in [0, 0.05) is 13.6 Å². The number of carbonyl (C=O) groups is 1. The van der Waals surface area contributed by atoms with E-state index in [1.165, 1.54) is 34.0 Å². The van der Waals surface area contributed by atoms with Gasteiger partial charge in [-0.25, -0.2) is 0 Å². The average Bonchev–Trinajstić information content (AvgIpc) is 3.31. The average molecular weight is 427 g/mol. The van der Waals surface area contributed by atoms with Crippen LogP contribution in [0.15, 0.2) is 40.1 Å². The van der Waals surface area contributed by atoms with E-state index in [-0.39, 0.29) is 11.3 Å². The van der Waals surface area contributed by atoms with E-state index >= 15 is 0 Å². The van der Waals surface area contributed by atoms with Crippen LogP contribution in [0.4, 0.5) is 0 Å². The van der Waals surface area contributed by atoms with Crippen LogP contribution < -0.4 is 5.32 Å². The maximum absolute atomic E-state index is 12.3. The van der Waals surface area contributed by atoms with Gasteiger partial charge in [-0.3, -0.25) is 4.79 Å². The molecule has 0 saturated heterocycles. The van der Waals surface area contributed by atoms with Crippen LogP contribution in [-0.4, -0.2) is 33.0 Å². The fourth-order valence-corrected chi connectivity index (χ4v) is 4.13. The van der Waals surface area contributed by atoms with Crippen LogP contribution in [0.25, 0.3) is 11.6 Å². The standard InChI is InChI=1S/C23H30N4O2S/c1-15-12-17(23(3,4)5)13-16(2)18(15)9-10-24-20(28)14-30-22-26-25-21(27(22)6)19-8-7-11-29-19/h7-8,11-13H,9-10,14H2,1-6H3,(H,24,28). The topological polar surface area (TPSA) is 73.0 Å². The van der Waals surface area contributed by atoms with Gasteiger partial charge in [0.1, 0.15) is 0 Å². The molecule has 3 rings (SSSR count). The summed E-state index contributed by atoms with van der Waals surface area (Å²) < 4.78 is 7.20. The monoisotopic (exact) mass is 426 g/mol. The molecule has 2 heterocycles. The molecule has 0 spiro atoms. The first-order valence-corrected chi connectivity index (χ1v) is 11.1. The molecule has 0 aliphatic heterocycles. The Morgan fingerprint density at radius 3 is 2.50 bits per heavy atom. The molecule has 1 N–H and O–H groups in total. The number of aromatic nitrogens is 3. The molecule has 7 heteroatoms. The molecule has 2 aromatic heterocycles. The van der Waals surface area contributed by atoms with E-state index in [0.717, 1.165) is 6.42 Å². The van der Waals surface area contributed by atoms with E-state index in [9.17, 15) is 4.79 Å². The van der Waals surface area contributed by atoms with Gasteiger partial charge in [0.05, 0.1) is 12.0 Å². The van der Waals surface area contributed by atoms with Crippen LogP contribution in [0, 0.1) is 13.8 Å². The lowest BCUT2D eigenvalue weighted by Crippen LogP contribution is -2.27. The molecule has 1 aromatic carbocycles. The Morgan fingerprint density at radius 2 is 1.90 bits per heavy atom. The second-order valence-corrected chi connectivity index (χ2v) is 9.51. The van der Waals surface area contributed by atoms with Crippen LogP contribution in [0.5, 0.6) is 0 Å². The molecule has 3 aromatic rings. The summed E-state index contributed by atoms with van der Waals surface area (Å²) >= 11 is 1.37. The van der Waals surface area contributed by atoms with Crippen molar-refractivity contribution in [3.8, 4) is 11.6 Å². The van der Waals surface area contributed by atoms with E-state index in [4.69, 9.17) is 4.42 Å². The van der Waals surface area contributed by atoms with E-state index in [2.05, 4.69) is 62.3 Å². The highest BCUT2D eigenvalue weighted by atomic mass is 32.2. The highest BCUT2D eigenvalue weighted by Crippen LogP contribution is 2.27. The van der Waals surface area contributed by atoms with Crippen LogP contribution in [0.1, 0.15) is 43.0 Å². The van der Waals surface area contributed by atoms with Gasteiger partial charge >= 0.3 is 0 Å². The predicted octanol–water partition coefficient (Wildman–Crippen LogP) is 4.44. The molecule has 0 radical (unpaired) electrons. The van der Waals surface area contributed by atoms with E-state index < -0.39 is 0 Å². The molecule has 0 aliphatic carbocycles. The normalized spacial score (nSPS) is 11.7. The number of rotatable bonds is 7. The van der Waals surface area contributed by atoms with Crippen molar-refractivity contribution in [2.75, 3.05) is 12.3 Å². The second-order valence-electron chi connectivity index (χ2n) is 8.57. The molecule has 6 nitrogen and oxygen atoms in total. The number of carbonyl (C=O) groups excluding carboxylic acids is 1. The maximum atomic E-state index is 12.3. The minimum atomic E-state index is -0.0100. The van der Waals surface area contributed by atoms with Gasteiger partial charge in [0.25, 0.3) is 0 Å². The number of hydrogen-bond acceptors (Lipinski definition) is 5. The van der Waals surface area contributed by atoms with Crippen molar-refractivity contribution in [3.63, 3.8) is 0 Å². The third kappa shape index (κ3) is 5.14. The van der Waals surface area contributed by atoms with Gasteiger partial charge in [-0.05, 0) is 60.1 Å². The third-order valence-electron chi connectivity index (χ3n) is 5.17. The van der Waals surface area contributed by atoms with Crippen LogP contribution in [0.3, 0.4) is 0 Å². The zero-order valence-corrected chi connectivity index (χ0v) is 19.4. The van der Waals surface area contributed by atoms with Crippen molar-refractivity contribution in [2.24, 2.45) is 7.05 Å². The Balaban J connectivity index is 1.51. The summed E-state index contributed by atoms with van der Waals surface area (Å²) in [7, 11) is 1.87. The summed E-state index contributed by atoms with van der Waals surface area (Å²) in [5.41, 5.74) is 5.36. The molecule has 0 saturated carbocycles. The number of furan rings is 1. The number of hydrogen-bond donors (Lipinski definition) is 1. The molecular weight excluding hydrogens is 396 g/mol. The first-order chi connectivity index (χ1) is 14.2. The Kier molecular flexibility index (Phi) is 6.71. The molecule has 160 valence electrons. The Morgan fingerprint density at radius 1 is 1.20 bits per heavy atom. The van der Waals surface area contributed by atoms with Gasteiger partial charge in [0.15, 0.2) is 16.7 Å². The number of benzene rings is 1. The second kappa shape index (κ2) is 9.08. The Hall–Kier alpha value is -2.54. The zero-order chi connectivity index (χ0) is 21.9. The van der Waals surface area contributed by atoms with Crippen LogP contribution in [0.2, 0.25) is 0 Å². The lowest BCUT2D eigenvalue weighted by atomic mass is 9.83. The zero-order valence-electron chi connectivity index (χ0n) is 18.6. The molecule has 0 atom stereocenters. The van der Waals surface area contributed by atoms with Crippen molar-refractivity contribution in [1.29, 1.82) is 0 Å². The summed E-state index contributed by atoms with van der Waals surface area (Å²) in [6, 6.07) is 8.18. The van der Waals surface area contributed by atoms with Gasteiger partial charge in [0.2, 0.25) is 5.91 Å². The van der Waals surface area contributed by atoms with Crippen LogP contribution >= 0.6 is 11.8 Å². The smallest absolute Gasteiger partial charge is 0.230 e. The number of thioether (sulfide) groups is 1. The van der Waals surface area contributed by atoms with Gasteiger partial charge < -0.3 is 14.3 Å². The molecule has 0 bridgehead atoms. The molecule has 30 heavy (non-hydrogen) atoms. The summed E-state index contributed by atoms with van der Waals surface area (Å²) in [6.07, 6.45) is 2.43. The Bertz CT molecular complexity index is 993. The number of aryl methyl sites for hydroxylation is 2. The lowest BCUT2D eigenvalue weighted by Gasteiger charge is -2.22. The third-order valence-corrected chi connectivity index (χ3v) is 6.19. The number of nitrogens with zero attached hydrogens (tertiary/aromatic N) is 3. The van der Waals surface area contributed by atoms with E-state index in [0.29, 0.717) is 29.0 Å². The summed E-state index contributed by atoms with van der Waals surface area (Å²) in [6.45, 7) is 11.6. The fraction of sp³-hybridized carbons (Fsp3) is 0.435. The minimum absolute atomic E-state index is 0.0100. The summed E-state index contributed by atoms with van der Waals surface area (Å²) in [4.78, 5) is 12.3. The number of nitrogens with one attached hydrogen (secondary N) is 1. The Labute approximate surface area is 182 Å². The molecule has 0 unspecified atom stereocenters. The fourth-order valence-electron chi connectivity index (χ4n) is 3.39. The highest BCUT2D eigenvalue weighted by molar-refractivity contribution is 7.99. The molecule has 1 amide bonds. The van der Waals surface area contributed by atoms with Crippen molar-refractivity contribution in [3.05, 3.63) is 52.8 Å². The molecule has 0 fully saturated rings. The molecule has 0 aliphatic rings. The van der Waals surface area contributed by atoms with Gasteiger partial charge in [-0.15, -0.1) is 10.2 Å². The van der Waals surface area contributed by atoms with Gasteiger partial charge in [-0.2, -0.15) is 0 Å². The van der Waals surface area contributed by atoms with Crippen molar-refractivity contribution < 1.29 is 9.21 Å². The van der Waals surface area contributed by atoms with Crippen LogP contribution in [-0.2, 0) is 23.7 Å². The largest absolute Gasteiger partial charge is 0.461 e. The van der Waals surface area contributed by atoms with E-state index in [1.54, 1.807) is 6.26 Å². The summed E-state index contributed by atoms with van der Waals surface area (Å²) in [5.74, 6) is 1.59. The first kappa shape index (κ1) is 22.2. The van der Waals surface area contributed by atoms with Crippen molar-refractivity contribution in [2.45, 2.75) is 51.6 Å². The first-order valence-electron chi connectivity index (χ1n) is 10.1. The number of amides is 1. The van der Waals surface area contributed by atoms with Crippen molar-refractivity contribution >= 4 is 17.7 Å². The SMILES string of the molecule is Cc1cc(C(C)(C)C)cc(C)c1CCNC(=O)CSc1nnc(-c2ccco2)n1C. The summed E-state index contributed by atoms with van der Waals surface area (Å²) in [5, 5.41) is 12.0. The molecular formula is C23H30N4O2S. The van der Waals surface area contributed by atoms with E-state index in [1.807, 2.05) is 23.7 Å². The van der Waals surface area contributed by atoms with Gasteiger partial charge in [-0.1, -0.05) is 44.7 Å². The van der Waals surface area contributed by atoms with Crippen molar-refractivity contribution in [1.82, 2.24) is 20.1 Å². The minimum Gasteiger partial charge on any atom is -0.461 e. The maximum Gasteiger partial charge on any atom is 0.230 e. The predicted molar refractivity (Wildman–Crippen MR) is 121 cm³/mol. The quantitative estimate of drug-likeness (QED) is 0.566. The highest BCUT2D eigenvalue weighted by Gasteiger charge is 2.17. The lowest BCUT2D eigenvalue weighted by molar-refractivity contribution is -0.118.